The molecular formula is C20H31NO3S. The van der Waals surface area contributed by atoms with Crippen LogP contribution in [0.15, 0.2) is 16.1 Å². The lowest BCUT2D eigenvalue weighted by Gasteiger charge is -2.41. The molecule has 1 aliphatic carbocycles. The molecule has 1 aliphatic heterocycles. The Morgan fingerprint density at radius 3 is 2.28 bits per heavy atom. The average molecular weight is 366 g/mol. The van der Waals surface area contributed by atoms with Crippen LogP contribution in [0.2, 0.25) is 0 Å². The monoisotopic (exact) mass is 365 g/mol. The van der Waals surface area contributed by atoms with Gasteiger partial charge in [0, 0.05) is 11.3 Å². The molecule has 2 unspecified atom stereocenters. The van der Waals surface area contributed by atoms with Gasteiger partial charge in [-0.3, -0.25) is 14.6 Å². The third-order valence-electron chi connectivity index (χ3n) is 5.78. The predicted octanol–water partition coefficient (Wildman–Crippen LogP) is 4.88. The van der Waals surface area contributed by atoms with E-state index in [-0.39, 0.29) is 17.1 Å². The molecule has 1 saturated carbocycles. The van der Waals surface area contributed by atoms with Gasteiger partial charge < -0.3 is 5.11 Å². The van der Waals surface area contributed by atoms with Gasteiger partial charge in [0.2, 0.25) is 5.12 Å². The molecule has 5 heteroatoms. The van der Waals surface area contributed by atoms with Crippen molar-refractivity contribution < 1.29 is 14.7 Å². The van der Waals surface area contributed by atoms with Crippen molar-refractivity contribution in [3.8, 4) is 0 Å². The van der Waals surface area contributed by atoms with Crippen LogP contribution >= 0.6 is 11.8 Å². The minimum absolute atomic E-state index is 0.0134. The Morgan fingerprint density at radius 1 is 1.20 bits per heavy atom. The maximum Gasteiger partial charge on any atom is 0.319 e. The average Bonchev–Trinajstić information content (AvgIpc) is 3.13. The predicted molar refractivity (Wildman–Crippen MR) is 104 cm³/mol. The minimum Gasteiger partial charge on any atom is -0.480 e. The normalized spacial score (nSPS) is 27.5. The van der Waals surface area contributed by atoms with E-state index in [0.717, 1.165) is 43.4 Å². The highest BCUT2D eigenvalue weighted by Gasteiger charge is 2.52. The van der Waals surface area contributed by atoms with E-state index >= 15 is 0 Å². The smallest absolute Gasteiger partial charge is 0.319 e. The Kier molecular flexibility index (Phi) is 6.89. The molecule has 2 aliphatic rings. The zero-order chi connectivity index (χ0) is 18.6. The van der Waals surface area contributed by atoms with Gasteiger partial charge in [0.05, 0.1) is 6.04 Å². The lowest BCUT2D eigenvalue weighted by atomic mass is 9.64. The molecule has 0 bridgehead atoms. The molecule has 0 radical (unpaired) electrons. The molecule has 0 aromatic heterocycles. The number of carboxylic acids is 1. The molecule has 1 fully saturated rings. The molecule has 0 aromatic rings. The summed E-state index contributed by atoms with van der Waals surface area (Å²) >= 11 is 1.27. The number of hydrogen-bond acceptors (Lipinski definition) is 4. The fourth-order valence-electron chi connectivity index (χ4n) is 4.62. The third kappa shape index (κ3) is 3.44. The zero-order valence-corrected chi connectivity index (χ0v) is 16.7. The first-order valence-corrected chi connectivity index (χ1v) is 10.7. The summed E-state index contributed by atoms with van der Waals surface area (Å²) in [6.07, 6.45) is 6.12. The SMILES string of the molecule is CCSC(=O)C1=C(CC)C(CC)(C(=O)O)C(C2CCCC2)=NC1CC. The second-order valence-electron chi connectivity index (χ2n) is 6.95. The maximum atomic E-state index is 12.8. The first-order chi connectivity index (χ1) is 12.0. The van der Waals surface area contributed by atoms with Crippen LogP contribution in [-0.2, 0) is 9.59 Å². The molecule has 1 heterocycles. The summed E-state index contributed by atoms with van der Waals surface area (Å²) < 4.78 is 0. The molecule has 0 saturated heterocycles. The summed E-state index contributed by atoms with van der Waals surface area (Å²) in [7, 11) is 0. The lowest BCUT2D eigenvalue weighted by molar-refractivity contribution is -0.143. The standard InChI is InChI=1S/C20H31NO3S/c1-5-14-16(18(22)25-8-4)15(6-2)21-17(13-11-9-10-12-13)20(14,7-3)19(23)24/h13,15H,5-12H2,1-4H3,(H,23,24). The van der Waals surface area contributed by atoms with E-state index in [0.29, 0.717) is 24.2 Å². The molecule has 2 rings (SSSR count). The Hall–Kier alpha value is -1.10. The van der Waals surface area contributed by atoms with Gasteiger partial charge >= 0.3 is 5.97 Å². The Labute approximate surface area is 155 Å². The molecule has 25 heavy (non-hydrogen) atoms. The van der Waals surface area contributed by atoms with E-state index in [1.54, 1.807) is 0 Å². The van der Waals surface area contributed by atoms with Crippen LogP contribution in [0.1, 0.15) is 72.6 Å². The van der Waals surface area contributed by atoms with Crippen LogP contribution < -0.4 is 0 Å². The van der Waals surface area contributed by atoms with Gasteiger partial charge in [-0.25, -0.2) is 0 Å². The lowest BCUT2D eigenvalue weighted by Crippen LogP contribution is -2.48. The number of carboxylic acid groups (broad SMARTS) is 1. The van der Waals surface area contributed by atoms with Crippen molar-refractivity contribution in [1.82, 2.24) is 0 Å². The van der Waals surface area contributed by atoms with Crippen LogP contribution in [0.5, 0.6) is 0 Å². The van der Waals surface area contributed by atoms with Gasteiger partial charge in [-0.2, -0.15) is 0 Å². The molecule has 0 amide bonds. The van der Waals surface area contributed by atoms with Crippen molar-refractivity contribution in [1.29, 1.82) is 0 Å². The zero-order valence-electron chi connectivity index (χ0n) is 15.9. The van der Waals surface area contributed by atoms with Crippen LogP contribution in [-0.4, -0.2) is 33.7 Å². The highest BCUT2D eigenvalue weighted by atomic mass is 32.2. The van der Waals surface area contributed by atoms with Gasteiger partial charge in [0.25, 0.3) is 0 Å². The van der Waals surface area contributed by atoms with Gasteiger partial charge in [-0.15, -0.1) is 0 Å². The van der Waals surface area contributed by atoms with E-state index in [1.165, 1.54) is 11.8 Å². The van der Waals surface area contributed by atoms with Crippen LogP contribution in [0, 0.1) is 11.3 Å². The van der Waals surface area contributed by atoms with E-state index in [9.17, 15) is 14.7 Å². The summed E-state index contributed by atoms with van der Waals surface area (Å²) in [5, 5.41) is 10.3. The van der Waals surface area contributed by atoms with Crippen molar-refractivity contribution in [2.45, 2.75) is 78.7 Å². The fourth-order valence-corrected chi connectivity index (χ4v) is 5.30. The summed E-state index contributed by atoms with van der Waals surface area (Å²) in [6.45, 7) is 7.90. The van der Waals surface area contributed by atoms with Crippen LogP contribution in [0.25, 0.3) is 0 Å². The molecule has 2 atom stereocenters. The molecule has 1 N–H and O–H groups in total. The van der Waals surface area contributed by atoms with E-state index < -0.39 is 11.4 Å². The molecular weight excluding hydrogens is 334 g/mol. The number of nitrogens with zero attached hydrogens (tertiary/aromatic N) is 1. The van der Waals surface area contributed by atoms with Crippen molar-refractivity contribution >= 4 is 28.6 Å². The Bertz CT molecular complexity index is 590. The van der Waals surface area contributed by atoms with Crippen molar-refractivity contribution in [3.63, 3.8) is 0 Å². The number of hydrogen-bond donors (Lipinski definition) is 1. The van der Waals surface area contributed by atoms with E-state index in [1.807, 2.05) is 27.7 Å². The Balaban J connectivity index is 2.68. The summed E-state index contributed by atoms with van der Waals surface area (Å²) in [5.41, 5.74) is 1.25. The second kappa shape index (κ2) is 8.52. The number of thioether (sulfide) groups is 1. The number of aliphatic carboxylic acids is 1. The van der Waals surface area contributed by atoms with Crippen molar-refractivity contribution in [2.24, 2.45) is 16.3 Å². The highest BCUT2D eigenvalue weighted by molar-refractivity contribution is 8.14. The van der Waals surface area contributed by atoms with E-state index in [2.05, 4.69) is 0 Å². The van der Waals surface area contributed by atoms with Crippen LogP contribution in [0.4, 0.5) is 0 Å². The number of aliphatic imine (C=N–C) groups is 1. The van der Waals surface area contributed by atoms with Crippen molar-refractivity contribution in [2.75, 3.05) is 5.75 Å². The summed E-state index contributed by atoms with van der Waals surface area (Å²) in [6, 6.07) is -0.184. The van der Waals surface area contributed by atoms with Gasteiger partial charge in [0.1, 0.15) is 5.41 Å². The topological polar surface area (TPSA) is 66.7 Å². The van der Waals surface area contributed by atoms with Gasteiger partial charge in [0.15, 0.2) is 0 Å². The summed E-state index contributed by atoms with van der Waals surface area (Å²) in [4.78, 5) is 30.3. The molecule has 0 aromatic carbocycles. The third-order valence-corrected chi connectivity index (χ3v) is 6.55. The van der Waals surface area contributed by atoms with Gasteiger partial charge in [-0.1, -0.05) is 52.3 Å². The molecule has 140 valence electrons. The number of carbonyl (C=O) groups excluding carboxylic acids is 1. The highest BCUT2D eigenvalue weighted by Crippen LogP contribution is 2.48. The van der Waals surface area contributed by atoms with Gasteiger partial charge in [-0.05, 0) is 49.3 Å². The van der Waals surface area contributed by atoms with Crippen LogP contribution in [0.3, 0.4) is 0 Å². The number of rotatable bonds is 7. The first-order valence-electron chi connectivity index (χ1n) is 9.69. The minimum atomic E-state index is -1.09. The van der Waals surface area contributed by atoms with E-state index in [4.69, 9.17) is 4.99 Å². The largest absolute Gasteiger partial charge is 0.480 e. The number of carbonyl (C=O) groups is 2. The fraction of sp³-hybridized carbons (Fsp3) is 0.750. The Morgan fingerprint density at radius 2 is 1.84 bits per heavy atom. The molecule has 4 nitrogen and oxygen atoms in total. The van der Waals surface area contributed by atoms with Crippen molar-refractivity contribution in [3.05, 3.63) is 11.1 Å². The maximum absolute atomic E-state index is 12.8. The summed E-state index contributed by atoms with van der Waals surface area (Å²) in [5.74, 6) is 0.113. The quantitative estimate of drug-likeness (QED) is 0.698. The number of dihydropyridines is 1. The second-order valence-corrected chi connectivity index (χ2v) is 8.19. The molecule has 0 spiro atoms. The first kappa shape index (κ1) is 20.2.